The molecule has 0 bridgehead atoms. The lowest BCUT2D eigenvalue weighted by molar-refractivity contribution is 0.340. The minimum Gasteiger partial charge on any atom is -0.359 e. The van der Waals surface area contributed by atoms with Crippen molar-refractivity contribution in [2.45, 2.75) is 45.2 Å². The van der Waals surface area contributed by atoms with Gasteiger partial charge in [-0.3, -0.25) is 0 Å². The van der Waals surface area contributed by atoms with Crippen LogP contribution in [-0.2, 0) is 16.6 Å². The Labute approximate surface area is 193 Å². The molecule has 0 saturated heterocycles. The molecule has 1 aromatic carbocycles. The molecule has 0 aliphatic heterocycles. The number of rotatable bonds is 7. The van der Waals surface area contributed by atoms with Gasteiger partial charge in [0.25, 0.3) is 0 Å². The van der Waals surface area contributed by atoms with E-state index in [0.717, 1.165) is 64.7 Å². The Morgan fingerprint density at radius 1 is 1.12 bits per heavy atom. The minimum atomic E-state index is -3.33. The van der Waals surface area contributed by atoms with Gasteiger partial charge in [0.1, 0.15) is 17.8 Å². The van der Waals surface area contributed by atoms with Crippen molar-refractivity contribution in [2.75, 3.05) is 17.7 Å². The summed E-state index contributed by atoms with van der Waals surface area (Å²) in [5, 5.41) is 2.12. The fraction of sp³-hybridized carbons (Fsp3) is 0.417. The van der Waals surface area contributed by atoms with Gasteiger partial charge < -0.3 is 14.9 Å². The van der Waals surface area contributed by atoms with Gasteiger partial charge in [-0.1, -0.05) is 6.07 Å². The summed E-state index contributed by atoms with van der Waals surface area (Å²) in [5.41, 5.74) is 3.97. The predicted octanol–water partition coefficient (Wildman–Crippen LogP) is 3.86. The molecule has 5 rings (SSSR count). The molecule has 0 amide bonds. The molecule has 1 aliphatic carbocycles. The summed E-state index contributed by atoms with van der Waals surface area (Å²) in [6.45, 7) is 2.34. The van der Waals surface area contributed by atoms with Crippen molar-refractivity contribution in [1.29, 1.82) is 0 Å². The fourth-order valence-corrected chi connectivity index (χ4v) is 6.47. The van der Waals surface area contributed by atoms with Crippen LogP contribution in [0.15, 0.2) is 42.9 Å². The second-order valence-corrected chi connectivity index (χ2v) is 11.1. The Balaban J connectivity index is 1.15. The standard InChI is InChI=1S/C24H30N6O2S/c1-16-11-19-12-18(5-8-22(19)29-16)13-28-33(31,32)14-17-3-6-20(7-4-17)30(2)24-21-9-10-25-23(21)26-15-27-24/h5,8-12,15,17,20,28-29H,3-4,6-7,13-14H2,1-2H3,(H,25,26,27)/t17-,20-. The maximum absolute atomic E-state index is 12.7. The van der Waals surface area contributed by atoms with E-state index in [-0.39, 0.29) is 11.7 Å². The number of fused-ring (bicyclic) bond motifs is 2. The van der Waals surface area contributed by atoms with Gasteiger partial charge in [0.2, 0.25) is 10.0 Å². The Hall–Kier alpha value is -2.91. The maximum atomic E-state index is 12.7. The molecule has 0 unspecified atom stereocenters. The number of nitrogens with one attached hydrogen (secondary N) is 3. The third kappa shape index (κ3) is 4.74. The molecular weight excluding hydrogens is 436 g/mol. The molecule has 33 heavy (non-hydrogen) atoms. The second-order valence-electron chi connectivity index (χ2n) is 9.20. The average Bonchev–Trinajstić information content (AvgIpc) is 3.42. The van der Waals surface area contributed by atoms with Gasteiger partial charge in [-0.15, -0.1) is 0 Å². The number of aryl methyl sites for hydroxylation is 1. The van der Waals surface area contributed by atoms with Gasteiger partial charge in [-0.25, -0.2) is 23.1 Å². The van der Waals surface area contributed by atoms with Gasteiger partial charge in [0.05, 0.1) is 11.1 Å². The first-order valence-electron chi connectivity index (χ1n) is 11.4. The summed E-state index contributed by atoms with van der Waals surface area (Å²) >= 11 is 0. The Bertz CT molecular complexity index is 1370. The Kier molecular flexibility index (Phi) is 5.84. The highest BCUT2D eigenvalue weighted by atomic mass is 32.2. The van der Waals surface area contributed by atoms with Gasteiger partial charge in [-0.2, -0.15) is 0 Å². The number of hydrogen-bond acceptors (Lipinski definition) is 5. The average molecular weight is 467 g/mol. The molecule has 174 valence electrons. The van der Waals surface area contributed by atoms with Crippen molar-refractivity contribution in [3.8, 4) is 0 Å². The first-order valence-corrected chi connectivity index (χ1v) is 13.1. The van der Waals surface area contributed by atoms with E-state index in [1.54, 1.807) is 6.33 Å². The molecule has 0 radical (unpaired) electrons. The lowest BCUT2D eigenvalue weighted by atomic mass is 9.86. The minimum absolute atomic E-state index is 0.180. The van der Waals surface area contributed by atoms with E-state index in [0.29, 0.717) is 12.6 Å². The van der Waals surface area contributed by atoms with E-state index in [2.05, 4.69) is 42.7 Å². The van der Waals surface area contributed by atoms with Crippen molar-refractivity contribution in [3.63, 3.8) is 0 Å². The van der Waals surface area contributed by atoms with E-state index < -0.39 is 10.0 Å². The first kappa shape index (κ1) is 21.9. The normalized spacial score (nSPS) is 19.3. The van der Waals surface area contributed by atoms with Crippen LogP contribution < -0.4 is 9.62 Å². The van der Waals surface area contributed by atoms with E-state index >= 15 is 0 Å². The summed E-state index contributed by atoms with van der Waals surface area (Å²) in [6, 6.07) is 10.4. The molecule has 8 nitrogen and oxygen atoms in total. The van der Waals surface area contributed by atoms with Crippen molar-refractivity contribution in [3.05, 3.63) is 54.1 Å². The van der Waals surface area contributed by atoms with Gasteiger partial charge in [0.15, 0.2) is 0 Å². The molecule has 1 saturated carbocycles. The molecule has 0 spiro atoms. The lowest BCUT2D eigenvalue weighted by Gasteiger charge is -2.35. The number of nitrogens with zero attached hydrogens (tertiary/aromatic N) is 3. The molecule has 1 fully saturated rings. The van der Waals surface area contributed by atoms with Crippen LogP contribution in [0.2, 0.25) is 0 Å². The van der Waals surface area contributed by atoms with E-state index in [1.807, 2.05) is 37.4 Å². The topological polar surface area (TPSA) is 107 Å². The van der Waals surface area contributed by atoms with Gasteiger partial charge >= 0.3 is 0 Å². The first-order chi connectivity index (χ1) is 15.9. The van der Waals surface area contributed by atoms with Crippen LogP contribution in [0.3, 0.4) is 0 Å². The van der Waals surface area contributed by atoms with Crippen LogP contribution in [0.4, 0.5) is 5.82 Å². The van der Waals surface area contributed by atoms with Crippen LogP contribution in [0.1, 0.15) is 36.9 Å². The number of aromatic nitrogens is 4. The summed E-state index contributed by atoms with van der Waals surface area (Å²) in [6.07, 6.45) is 7.16. The van der Waals surface area contributed by atoms with Crippen molar-refractivity contribution in [2.24, 2.45) is 5.92 Å². The van der Waals surface area contributed by atoms with Crippen LogP contribution in [0.25, 0.3) is 21.9 Å². The van der Waals surface area contributed by atoms with Crippen LogP contribution in [0.5, 0.6) is 0 Å². The van der Waals surface area contributed by atoms with Crippen molar-refractivity contribution >= 4 is 37.8 Å². The van der Waals surface area contributed by atoms with E-state index in [9.17, 15) is 8.42 Å². The van der Waals surface area contributed by atoms with Crippen molar-refractivity contribution < 1.29 is 8.42 Å². The zero-order chi connectivity index (χ0) is 23.0. The number of hydrogen-bond donors (Lipinski definition) is 3. The van der Waals surface area contributed by atoms with Crippen LogP contribution in [-0.4, -0.2) is 47.2 Å². The molecule has 4 aromatic rings. The number of benzene rings is 1. The number of aromatic amines is 2. The summed E-state index contributed by atoms with van der Waals surface area (Å²) in [5.74, 6) is 1.29. The molecular formula is C24H30N6O2S. The third-order valence-corrected chi connectivity index (χ3v) is 8.30. The molecule has 3 N–H and O–H groups in total. The second kappa shape index (κ2) is 8.79. The zero-order valence-corrected chi connectivity index (χ0v) is 19.8. The zero-order valence-electron chi connectivity index (χ0n) is 19.0. The third-order valence-electron chi connectivity index (χ3n) is 6.80. The summed E-state index contributed by atoms with van der Waals surface area (Å²) in [7, 11) is -1.26. The number of sulfonamides is 1. The Morgan fingerprint density at radius 2 is 1.94 bits per heavy atom. The Morgan fingerprint density at radius 3 is 2.76 bits per heavy atom. The molecule has 3 aromatic heterocycles. The highest BCUT2D eigenvalue weighted by Gasteiger charge is 2.28. The van der Waals surface area contributed by atoms with Gasteiger partial charge in [0, 0.05) is 37.0 Å². The quantitative estimate of drug-likeness (QED) is 0.383. The van der Waals surface area contributed by atoms with E-state index in [4.69, 9.17) is 0 Å². The summed E-state index contributed by atoms with van der Waals surface area (Å²) < 4.78 is 28.3. The van der Waals surface area contributed by atoms with Crippen LogP contribution in [0, 0.1) is 12.8 Å². The highest BCUT2D eigenvalue weighted by Crippen LogP contribution is 2.32. The molecule has 1 aliphatic rings. The van der Waals surface area contributed by atoms with Crippen LogP contribution >= 0.6 is 0 Å². The number of anilines is 1. The summed E-state index contributed by atoms with van der Waals surface area (Å²) in [4.78, 5) is 17.4. The van der Waals surface area contributed by atoms with Crippen molar-refractivity contribution in [1.82, 2.24) is 24.7 Å². The molecule has 3 heterocycles. The monoisotopic (exact) mass is 466 g/mol. The van der Waals surface area contributed by atoms with E-state index in [1.165, 1.54) is 0 Å². The fourth-order valence-electron chi connectivity index (χ4n) is 5.01. The lowest BCUT2D eigenvalue weighted by Crippen LogP contribution is -2.38. The molecule has 0 atom stereocenters. The highest BCUT2D eigenvalue weighted by molar-refractivity contribution is 7.89. The largest absolute Gasteiger partial charge is 0.359 e. The predicted molar refractivity (Wildman–Crippen MR) is 132 cm³/mol. The maximum Gasteiger partial charge on any atom is 0.212 e. The number of H-pyrrole nitrogens is 2. The van der Waals surface area contributed by atoms with Gasteiger partial charge in [-0.05, 0) is 73.7 Å². The SMILES string of the molecule is Cc1cc2cc(CNS(=O)(=O)C[C@H]3CC[C@H](N(C)c4ncnc5[nH]ccc45)CC3)ccc2[nH]1. The smallest absolute Gasteiger partial charge is 0.212 e. The molecule has 9 heteroatoms.